The molecule has 150 valence electrons. The Morgan fingerprint density at radius 1 is 1.10 bits per heavy atom. The van der Waals surface area contributed by atoms with E-state index in [0.717, 1.165) is 9.18 Å². The van der Waals surface area contributed by atoms with Gasteiger partial charge in [0.25, 0.3) is 15.9 Å². The molecule has 0 spiro atoms. The highest BCUT2D eigenvalue weighted by molar-refractivity contribution is 7.92. The monoisotopic (exact) mass is 429 g/mol. The first kappa shape index (κ1) is 20.6. The van der Waals surface area contributed by atoms with Crippen molar-refractivity contribution in [2.24, 2.45) is 5.10 Å². The molecule has 3 aromatic rings. The van der Waals surface area contributed by atoms with Gasteiger partial charge in [0.05, 0.1) is 23.9 Å². The molecular formula is C20H19N3O4S2. The maximum atomic E-state index is 13.2. The number of carbonyl (C=O) groups is 1. The second-order valence-electron chi connectivity index (χ2n) is 5.83. The van der Waals surface area contributed by atoms with Crippen LogP contribution in [-0.4, -0.2) is 34.2 Å². The molecule has 0 fully saturated rings. The quantitative estimate of drug-likeness (QED) is 0.440. The molecule has 7 nitrogen and oxygen atoms in total. The molecule has 0 saturated heterocycles. The molecule has 1 N–H and O–H groups in total. The van der Waals surface area contributed by atoms with Crippen LogP contribution < -0.4 is 14.5 Å². The lowest BCUT2D eigenvalue weighted by Gasteiger charge is -2.23. The molecule has 29 heavy (non-hydrogen) atoms. The first-order chi connectivity index (χ1) is 14.0. The first-order valence-corrected chi connectivity index (χ1v) is 10.9. The van der Waals surface area contributed by atoms with E-state index in [1.54, 1.807) is 42.5 Å². The van der Waals surface area contributed by atoms with Crippen LogP contribution >= 0.6 is 11.3 Å². The summed E-state index contributed by atoms with van der Waals surface area (Å²) in [4.78, 5) is 13.4. The van der Waals surface area contributed by atoms with Gasteiger partial charge in [0, 0.05) is 4.88 Å². The number of benzene rings is 2. The van der Waals surface area contributed by atoms with Crippen molar-refractivity contribution >= 4 is 39.2 Å². The van der Waals surface area contributed by atoms with Gasteiger partial charge in [-0.15, -0.1) is 11.3 Å². The van der Waals surface area contributed by atoms with Crippen LogP contribution in [0.2, 0.25) is 0 Å². The molecule has 0 radical (unpaired) electrons. The lowest BCUT2D eigenvalue weighted by molar-refractivity contribution is -0.119. The number of ether oxygens (including phenoxy) is 1. The van der Waals surface area contributed by atoms with Gasteiger partial charge in [-0.2, -0.15) is 5.10 Å². The summed E-state index contributed by atoms with van der Waals surface area (Å²) >= 11 is 1.47. The molecule has 0 aliphatic heterocycles. The molecule has 2 aromatic carbocycles. The van der Waals surface area contributed by atoms with Crippen LogP contribution in [0, 0.1) is 0 Å². The van der Waals surface area contributed by atoms with Crippen molar-refractivity contribution in [1.82, 2.24) is 5.43 Å². The van der Waals surface area contributed by atoms with E-state index in [9.17, 15) is 13.2 Å². The number of carbonyl (C=O) groups excluding carboxylic acids is 1. The zero-order chi connectivity index (χ0) is 20.7. The predicted octanol–water partition coefficient (Wildman–Crippen LogP) is 3.10. The van der Waals surface area contributed by atoms with Gasteiger partial charge in [-0.3, -0.25) is 9.10 Å². The number of anilines is 1. The highest BCUT2D eigenvalue weighted by atomic mass is 32.2. The number of methoxy groups -OCH3 is 1. The SMILES string of the molecule is COc1ccc(N(CC(=O)N/N=C\c2cccs2)S(=O)(=O)c2ccccc2)cc1. The normalized spacial score (nSPS) is 11.3. The molecule has 1 amide bonds. The minimum absolute atomic E-state index is 0.0886. The fraction of sp³-hybridized carbons (Fsp3) is 0.100. The fourth-order valence-corrected chi connectivity index (χ4v) is 4.51. The molecule has 3 rings (SSSR count). The van der Waals surface area contributed by atoms with Gasteiger partial charge in [-0.25, -0.2) is 13.8 Å². The predicted molar refractivity (Wildman–Crippen MR) is 114 cm³/mol. The Labute approximate surface area is 173 Å². The molecule has 1 heterocycles. The molecule has 0 bridgehead atoms. The summed E-state index contributed by atoms with van der Waals surface area (Å²) in [5, 5.41) is 5.78. The molecule has 0 atom stereocenters. The number of hydrazone groups is 1. The summed E-state index contributed by atoms with van der Waals surface area (Å²) in [6.45, 7) is -0.425. The number of nitrogens with zero attached hydrogens (tertiary/aromatic N) is 2. The maximum absolute atomic E-state index is 13.2. The Kier molecular flexibility index (Phi) is 6.63. The fourth-order valence-electron chi connectivity index (χ4n) is 2.48. The van der Waals surface area contributed by atoms with E-state index in [2.05, 4.69) is 10.5 Å². The summed E-state index contributed by atoms with van der Waals surface area (Å²) in [5.74, 6) is 0.0175. The lowest BCUT2D eigenvalue weighted by Crippen LogP contribution is -2.39. The standard InChI is InChI=1S/C20H19N3O4S2/c1-27-17-11-9-16(10-12-17)23(29(25,26)19-7-3-2-4-8-19)15-20(24)22-21-14-18-6-5-13-28-18/h2-14H,15H2,1H3,(H,22,24)/b21-14-. The largest absolute Gasteiger partial charge is 0.497 e. The Bertz CT molecular complexity index is 1060. The van der Waals surface area contributed by atoms with Crippen LogP contribution in [-0.2, 0) is 14.8 Å². The molecule has 1 aromatic heterocycles. The van der Waals surface area contributed by atoms with E-state index in [1.807, 2.05) is 17.5 Å². The minimum atomic E-state index is -3.96. The molecule has 0 saturated carbocycles. The number of thiophene rings is 1. The summed E-state index contributed by atoms with van der Waals surface area (Å²) < 4.78 is 32.5. The maximum Gasteiger partial charge on any atom is 0.264 e. The van der Waals surface area contributed by atoms with Crippen molar-refractivity contribution in [3.05, 3.63) is 77.0 Å². The second kappa shape index (κ2) is 9.35. The second-order valence-corrected chi connectivity index (χ2v) is 8.67. The van der Waals surface area contributed by atoms with Crippen molar-refractivity contribution in [2.45, 2.75) is 4.90 Å². The van der Waals surface area contributed by atoms with Gasteiger partial charge >= 0.3 is 0 Å². The van der Waals surface area contributed by atoms with Gasteiger partial charge in [0.1, 0.15) is 12.3 Å². The van der Waals surface area contributed by atoms with Gasteiger partial charge < -0.3 is 4.74 Å². The topological polar surface area (TPSA) is 88.1 Å². The average Bonchev–Trinajstić information content (AvgIpc) is 3.26. The van der Waals surface area contributed by atoms with E-state index < -0.39 is 22.5 Å². The molecule has 0 aliphatic carbocycles. The lowest BCUT2D eigenvalue weighted by atomic mass is 10.3. The van der Waals surface area contributed by atoms with Gasteiger partial charge in [0.15, 0.2) is 0 Å². The average molecular weight is 430 g/mol. The number of sulfonamides is 1. The van der Waals surface area contributed by atoms with E-state index in [4.69, 9.17) is 4.74 Å². The number of rotatable bonds is 8. The van der Waals surface area contributed by atoms with E-state index in [0.29, 0.717) is 11.4 Å². The zero-order valence-corrected chi connectivity index (χ0v) is 17.2. The van der Waals surface area contributed by atoms with Gasteiger partial charge in [-0.1, -0.05) is 24.3 Å². The van der Waals surface area contributed by atoms with Gasteiger partial charge in [-0.05, 0) is 47.8 Å². The number of hydrogen-bond acceptors (Lipinski definition) is 6. The Hall–Kier alpha value is -3.17. The van der Waals surface area contributed by atoms with Crippen molar-refractivity contribution in [3.63, 3.8) is 0 Å². The Balaban J connectivity index is 1.85. The molecule has 0 aliphatic rings. The third-order valence-electron chi connectivity index (χ3n) is 3.90. The van der Waals surface area contributed by atoms with Crippen LogP contribution in [0.5, 0.6) is 5.75 Å². The number of nitrogens with one attached hydrogen (secondary N) is 1. The highest BCUT2D eigenvalue weighted by Crippen LogP contribution is 2.25. The molecule has 0 unspecified atom stereocenters. The van der Waals surface area contributed by atoms with Crippen LogP contribution in [0.3, 0.4) is 0 Å². The van der Waals surface area contributed by atoms with E-state index >= 15 is 0 Å². The van der Waals surface area contributed by atoms with Crippen molar-refractivity contribution in [3.8, 4) is 5.75 Å². The van der Waals surface area contributed by atoms with Crippen molar-refractivity contribution in [2.75, 3.05) is 18.0 Å². The smallest absolute Gasteiger partial charge is 0.264 e. The number of amides is 1. The number of hydrogen-bond donors (Lipinski definition) is 1. The van der Waals surface area contributed by atoms with Crippen LogP contribution in [0.1, 0.15) is 4.88 Å². The van der Waals surface area contributed by atoms with Crippen LogP contribution in [0.25, 0.3) is 0 Å². The minimum Gasteiger partial charge on any atom is -0.497 e. The van der Waals surface area contributed by atoms with Crippen molar-refractivity contribution < 1.29 is 17.9 Å². The molecular weight excluding hydrogens is 410 g/mol. The van der Waals surface area contributed by atoms with Crippen molar-refractivity contribution in [1.29, 1.82) is 0 Å². The Morgan fingerprint density at radius 3 is 2.45 bits per heavy atom. The third kappa shape index (κ3) is 5.21. The van der Waals surface area contributed by atoms with Crippen LogP contribution in [0.15, 0.2) is 82.1 Å². The van der Waals surface area contributed by atoms with Crippen LogP contribution in [0.4, 0.5) is 5.69 Å². The van der Waals surface area contributed by atoms with E-state index in [1.165, 1.54) is 36.8 Å². The molecule has 9 heteroatoms. The summed E-state index contributed by atoms with van der Waals surface area (Å²) in [6, 6.07) is 18.1. The Morgan fingerprint density at radius 2 is 1.83 bits per heavy atom. The third-order valence-corrected chi connectivity index (χ3v) is 6.50. The van der Waals surface area contributed by atoms with Gasteiger partial charge in [0.2, 0.25) is 0 Å². The summed E-state index contributed by atoms with van der Waals surface area (Å²) in [6.07, 6.45) is 1.51. The summed E-state index contributed by atoms with van der Waals surface area (Å²) in [7, 11) is -2.43. The summed E-state index contributed by atoms with van der Waals surface area (Å²) in [5.41, 5.74) is 2.71. The highest BCUT2D eigenvalue weighted by Gasteiger charge is 2.27. The zero-order valence-electron chi connectivity index (χ0n) is 15.6. The van der Waals surface area contributed by atoms with E-state index in [-0.39, 0.29) is 4.90 Å². The first-order valence-electron chi connectivity index (χ1n) is 8.58.